The van der Waals surface area contributed by atoms with Crippen molar-refractivity contribution in [3.8, 4) is 10.6 Å². The van der Waals surface area contributed by atoms with Gasteiger partial charge in [-0.05, 0) is 44.2 Å². The fourth-order valence-electron chi connectivity index (χ4n) is 3.74. The monoisotopic (exact) mass is 492 g/mol. The van der Waals surface area contributed by atoms with E-state index in [1.165, 1.54) is 16.4 Å². The third-order valence-electron chi connectivity index (χ3n) is 5.99. The minimum absolute atomic E-state index is 0.0747. The first-order valence-corrected chi connectivity index (χ1v) is 12.6. The van der Waals surface area contributed by atoms with Crippen LogP contribution < -0.4 is 10.4 Å². The second kappa shape index (κ2) is 10.6. The van der Waals surface area contributed by atoms with E-state index in [4.69, 9.17) is 4.84 Å². The van der Waals surface area contributed by atoms with Crippen LogP contribution in [0.25, 0.3) is 10.6 Å². The molecule has 35 heavy (non-hydrogen) atoms. The number of carbonyl (C=O) groups is 2. The molecule has 182 valence electrons. The van der Waals surface area contributed by atoms with Crippen molar-refractivity contribution in [2.75, 3.05) is 50.2 Å². The Hall–Kier alpha value is -3.18. The van der Waals surface area contributed by atoms with Crippen LogP contribution in [0.4, 0.5) is 10.8 Å². The molecule has 5 rings (SSSR count). The molecule has 1 saturated carbocycles. The third-order valence-corrected chi connectivity index (χ3v) is 6.88. The lowest BCUT2D eigenvalue weighted by molar-refractivity contribution is -0.128. The van der Waals surface area contributed by atoms with Crippen LogP contribution in [0.2, 0.25) is 0 Å². The molecule has 0 unspecified atom stereocenters. The third kappa shape index (κ3) is 6.09. The van der Waals surface area contributed by atoms with Gasteiger partial charge in [-0.25, -0.2) is 0 Å². The summed E-state index contributed by atoms with van der Waals surface area (Å²) in [4.78, 5) is 36.2. The van der Waals surface area contributed by atoms with E-state index >= 15 is 0 Å². The van der Waals surface area contributed by atoms with Gasteiger partial charge in [-0.2, -0.15) is 5.06 Å². The summed E-state index contributed by atoms with van der Waals surface area (Å²) < 4.78 is 0. The van der Waals surface area contributed by atoms with Gasteiger partial charge in [-0.3, -0.25) is 24.6 Å². The van der Waals surface area contributed by atoms with Crippen LogP contribution in [0, 0.1) is 0 Å². The smallest absolute Gasteiger partial charge is 0.265 e. The minimum Gasteiger partial charge on any atom is -0.304 e. The highest BCUT2D eigenvalue weighted by atomic mass is 32.1. The number of likely N-dealkylation sites (N-methyl/N-ethyl adjacent to an activating group) is 1. The van der Waals surface area contributed by atoms with Crippen LogP contribution in [0.5, 0.6) is 0 Å². The first-order valence-electron chi connectivity index (χ1n) is 11.8. The molecule has 2 aromatic carbocycles. The number of nitrogens with one attached hydrogen (secondary N) is 1. The van der Waals surface area contributed by atoms with E-state index < -0.39 is 0 Å². The SMILES string of the molecule is CN1CCN(CC(=O)N(OC2CC2)c2ccc(C(=O)Nc3nnc(-c4ccccc4)s3)cc2)CC1. The second-order valence-corrected chi connectivity index (χ2v) is 9.83. The fourth-order valence-corrected chi connectivity index (χ4v) is 4.48. The summed E-state index contributed by atoms with van der Waals surface area (Å²) in [6.07, 6.45) is 1.97. The Morgan fingerprint density at radius 1 is 1.03 bits per heavy atom. The summed E-state index contributed by atoms with van der Waals surface area (Å²) in [6, 6.07) is 16.6. The quantitative estimate of drug-likeness (QED) is 0.483. The van der Waals surface area contributed by atoms with Gasteiger partial charge in [0.1, 0.15) is 5.01 Å². The Labute approximate surface area is 208 Å². The Balaban J connectivity index is 1.23. The van der Waals surface area contributed by atoms with Gasteiger partial charge in [0.05, 0.1) is 18.3 Å². The maximum atomic E-state index is 13.1. The van der Waals surface area contributed by atoms with Crippen molar-refractivity contribution in [3.05, 3.63) is 60.2 Å². The topological polar surface area (TPSA) is 90.9 Å². The van der Waals surface area contributed by atoms with E-state index in [0.717, 1.165) is 49.6 Å². The maximum Gasteiger partial charge on any atom is 0.265 e. The van der Waals surface area contributed by atoms with Gasteiger partial charge in [-0.1, -0.05) is 41.7 Å². The summed E-state index contributed by atoms with van der Waals surface area (Å²) in [5, 5.41) is 13.6. The van der Waals surface area contributed by atoms with E-state index in [0.29, 0.717) is 22.9 Å². The molecule has 1 aliphatic heterocycles. The van der Waals surface area contributed by atoms with Crippen molar-refractivity contribution < 1.29 is 14.4 Å². The predicted molar refractivity (Wildman–Crippen MR) is 135 cm³/mol. The van der Waals surface area contributed by atoms with Gasteiger partial charge < -0.3 is 4.90 Å². The molecule has 2 aliphatic rings. The van der Waals surface area contributed by atoms with E-state index in [2.05, 4.69) is 32.4 Å². The first kappa shape index (κ1) is 23.6. The highest BCUT2D eigenvalue weighted by molar-refractivity contribution is 7.18. The Kier molecular flexibility index (Phi) is 7.14. The molecule has 1 aliphatic carbocycles. The van der Waals surface area contributed by atoms with Crippen molar-refractivity contribution in [3.63, 3.8) is 0 Å². The van der Waals surface area contributed by atoms with Crippen molar-refractivity contribution in [2.24, 2.45) is 0 Å². The molecular weight excluding hydrogens is 464 g/mol. The first-order chi connectivity index (χ1) is 17.0. The molecule has 0 spiro atoms. The molecule has 2 amide bonds. The van der Waals surface area contributed by atoms with Gasteiger partial charge >= 0.3 is 0 Å². The largest absolute Gasteiger partial charge is 0.304 e. The van der Waals surface area contributed by atoms with Gasteiger partial charge in [0.2, 0.25) is 5.13 Å². The Morgan fingerprint density at radius 2 is 1.74 bits per heavy atom. The lowest BCUT2D eigenvalue weighted by Crippen LogP contribution is -2.49. The van der Waals surface area contributed by atoms with Gasteiger partial charge in [0.25, 0.3) is 11.8 Å². The van der Waals surface area contributed by atoms with Gasteiger partial charge in [0, 0.05) is 37.3 Å². The lowest BCUT2D eigenvalue weighted by Gasteiger charge is -2.33. The predicted octanol–water partition coefficient (Wildman–Crippen LogP) is 3.13. The zero-order valence-electron chi connectivity index (χ0n) is 19.6. The fraction of sp³-hybridized carbons (Fsp3) is 0.360. The Bertz CT molecular complexity index is 1160. The number of carbonyl (C=O) groups excluding carboxylic acids is 2. The average molecular weight is 493 g/mol. The number of nitrogens with zero attached hydrogens (tertiary/aromatic N) is 5. The molecular formula is C25H28N6O3S. The van der Waals surface area contributed by atoms with Crippen LogP contribution in [0.3, 0.4) is 0 Å². The number of benzene rings is 2. The highest BCUT2D eigenvalue weighted by Gasteiger charge is 2.30. The number of hydroxylamine groups is 1. The number of hydrogen-bond donors (Lipinski definition) is 1. The number of anilines is 2. The number of aromatic nitrogens is 2. The van der Waals surface area contributed by atoms with Crippen molar-refractivity contribution in [1.82, 2.24) is 20.0 Å². The number of hydrogen-bond acceptors (Lipinski definition) is 8. The van der Waals surface area contributed by atoms with Crippen LogP contribution in [0.1, 0.15) is 23.2 Å². The molecule has 1 N–H and O–H groups in total. The normalized spacial score (nSPS) is 16.7. The van der Waals surface area contributed by atoms with Crippen LogP contribution in [0.15, 0.2) is 54.6 Å². The van der Waals surface area contributed by atoms with Crippen molar-refractivity contribution >= 4 is 34.0 Å². The van der Waals surface area contributed by atoms with E-state index in [-0.39, 0.29) is 17.9 Å². The molecule has 9 nitrogen and oxygen atoms in total. The number of rotatable bonds is 8. The zero-order valence-corrected chi connectivity index (χ0v) is 20.4. The Morgan fingerprint density at radius 3 is 2.43 bits per heavy atom. The standard InChI is InChI=1S/C25H28N6O3S/c1-29-13-15-30(16-14-29)17-22(32)31(34-21-11-12-21)20-9-7-18(8-10-20)23(33)26-25-28-27-24(35-25)19-5-3-2-4-6-19/h2-10,21H,11-17H2,1H3,(H,26,28,33). The van der Waals surface area contributed by atoms with Gasteiger partial charge in [-0.15, -0.1) is 10.2 Å². The average Bonchev–Trinajstić information content (AvgIpc) is 3.59. The molecule has 2 fully saturated rings. The van der Waals surface area contributed by atoms with Gasteiger partial charge in [0.15, 0.2) is 0 Å². The molecule has 3 aromatic rings. The van der Waals surface area contributed by atoms with Crippen LogP contribution in [-0.4, -0.2) is 77.7 Å². The van der Waals surface area contributed by atoms with Crippen LogP contribution >= 0.6 is 11.3 Å². The van der Waals surface area contributed by atoms with Crippen molar-refractivity contribution in [2.45, 2.75) is 18.9 Å². The molecule has 1 saturated heterocycles. The zero-order chi connectivity index (χ0) is 24.2. The minimum atomic E-state index is -0.286. The molecule has 10 heteroatoms. The number of piperazine rings is 1. The molecule has 1 aromatic heterocycles. The van der Waals surface area contributed by atoms with E-state index in [1.807, 2.05) is 30.3 Å². The number of amides is 2. The summed E-state index contributed by atoms with van der Waals surface area (Å²) >= 11 is 1.32. The summed E-state index contributed by atoms with van der Waals surface area (Å²) in [5.74, 6) is -0.383. The van der Waals surface area contributed by atoms with E-state index in [9.17, 15) is 9.59 Å². The summed E-state index contributed by atoms with van der Waals surface area (Å²) in [6.45, 7) is 3.92. The molecule has 2 heterocycles. The summed E-state index contributed by atoms with van der Waals surface area (Å²) in [5.41, 5.74) is 2.03. The molecule has 0 atom stereocenters. The maximum absolute atomic E-state index is 13.1. The van der Waals surface area contributed by atoms with Crippen molar-refractivity contribution in [1.29, 1.82) is 0 Å². The lowest BCUT2D eigenvalue weighted by atomic mass is 10.2. The van der Waals surface area contributed by atoms with Crippen LogP contribution in [-0.2, 0) is 9.63 Å². The summed E-state index contributed by atoms with van der Waals surface area (Å²) in [7, 11) is 2.09. The molecule has 0 bridgehead atoms. The van der Waals surface area contributed by atoms with E-state index in [1.54, 1.807) is 24.3 Å². The highest BCUT2D eigenvalue weighted by Crippen LogP contribution is 2.29. The molecule has 0 radical (unpaired) electrons. The second-order valence-electron chi connectivity index (χ2n) is 8.85.